The highest BCUT2D eigenvalue weighted by Crippen LogP contribution is 2.33. The summed E-state index contributed by atoms with van der Waals surface area (Å²) < 4.78 is 51.3. The first-order chi connectivity index (χ1) is 10.4. The second-order valence-electron chi connectivity index (χ2n) is 4.47. The molecule has 0 radical (unpaired) electrons. The fourth-order valence-corrected chi connectivity index (χ4v) is 2.33. The Morgan fingerprint density at radius 1 is 1.50 bits per heavy atom. The predicted molar refractivity (Wildman–Crippen MR) is 77.1 cm³/mol. The maximum Gasteiger partial charge on any atom is 0.417 e. The highest BCUT2D eigenvalue weighted by Gasteiger charge is 2.34. The van der Waals surface area contributed by atoms with Crippen molar-refractivity contribution in [2.24, 2.45) is 5.10 Å². The molecule has 1 aromatic rings. The van der Waals surface area contributed by atoms with Crippen LogP contribution in [0.25, 0.3) is 0 Å². The summed E-state index contributed by atoms with van der Waals surface area (Å²) in [4.78, 5) is 0.160. The highest BCUT2D eigenvalue weighted by atomic mass is 32.1. The zero-order valence-electron chi connectivity index (χ0n) is 11.1. The lowest BCUT2D eigenvalue weighted by Gasteiger charge is -2.22. The van der Waals surface area contributed by atoms with E-state index in [-0.39, 0.29) is 10.7 Å². The number of anilines is 1. The van der Waals surface area contributed by atoms with Crippen molar-refractivity contribution in [2.75, 3.05) is 12.1 Å². The Balaban J connectivity index is 2.20. The summed E-state index contributed by atoms with van der Waals surface area (Å²) in [5.41, 5.74) is -1.44. The molecule has 1 aliphatic heterocycles. The Morgan fingerprint density at radius 3 is 2.82 bits per heavy atom. The van der Waals surface area contributed by atoms with E-state index in [0.717, 1.165) is 17.1 Å². The van der Waals surface area contributed by atoms with Gasteiger partial charge in [0.1, 0.15) is 11.0 Å². The molecule has 4 nitrogen and oxygen atoms in total. The summed E-state index contributed by atoms with van der Waals surface area (Å²) in [6.07, 6.45) is -2.79. The Labute approximate surface area is 129 Å². The van der Waals surface area contributed by atoms with Crippen molar-refractivity contribution >= 4 is 29.1 Å². The number of hydrazone groups is 1. The van der Waals surface area contributed by atoms with E-state index in [4.69, 9.17) is 17.5 Å². The number of nitrogens with zero attached hydrogens (tertiary/aromatic N) is 3. The molecule has 0 saturated carbocycles. The molecule has 1 unspecified atom stereocenters. The van der Waals surface area contributed by atoms with E-state index in [2.05, 4.69) is 10.4 Å². The van der Waals surface area contributed by atoms with Gasteiger partial charge in [-0.25, -0.2) is 4.39 Å². The standard InChI is InChI=1S/C13H10F4N4S/c14-7-21-11(3-4-19-21)12(22)20-9-2-1-8(6-18)10(5-9)13(15,16)17/h1-2,4-5,11H,3,7H2,(H,20,22). The van der Waals surface area contributed by atoms with Gasteiger partial charge in [-0.2, -0.15) is 23.5 Å². The summed E-state index contributed by atoms with van der Waals surface area (Å²) in [7, 11) is 0. The molecule has 0 spiro atoms. The van der Waals surface area contributed by atoms with Gasteiger partial charge < -0.3 is 5.32 Å². The van der Waals surface area contributed by atoms with Crippen LogP contribution in [-0.2, 0) is 6.18 Å². The number of alkyl halides is 4. The third-order valence-electron chi connectivity index (χ3n) is 3.06. The molecule has 1 aliphatic rings. The quantitative estimate of drug-likeness (QED) is 0.525. The second kappa shape index (κ2) is 6.27. The minimum absolute atomic E-state index is 0.0852. The fraction of sp³-hybridized carbons (Fsp3) is 0.308. The predicted octanol–water partition coefficient (Wildman–Crippen LogP) is 3.30. The van der Waals surface area contributed by atoms with Crippen molar-refractivity contribution in [2.45, 2.75) is 18.6 Å². The van der Waals surface area contributed by atoms with Crippen LogP contribution in [0.5, 0.6) is 0 Å². The van der Waals surface area contributed by atoms with Gasteiger partial charge in [0, 0.05) is 18.3 Å². The van der Waals surface area contributed by atoms with Gasteiger partial charge in [0.05, 0.1) is 17.2 Å². The molecule has 0 bridgehead atoms. The minimum Gasteiger partial charge on any atom is -0.348 e. The zero-order chi connectivity index (χ0) is 16.3. The van der Waals surface area contributed by atoms with E-state index in [0.29, 0.717) is 6.42 Å². The van der Waals surface area contributed by atoms with Gasteiger partial charge in [-0.1, -0.05) is 12.2 Å². The number of hydrogen-bond donors (Lipinski definition) is 1. The van der Waals surface area contributed by atoms with Crippen LogP contribution in [0.4, 0.5) is 23.2 Å². The molecule has 0 fully saturated rings. The van der Waals surface area contributed by atoms with Gasteiger partial charge in [-0.3, -0.25) is 5.01 Å². The van der Waals surface area contributed by atoms with E-state index in [1.54, 1.807) is 0 Å². The van der Waals surface area contributed by atoms with Crippen molar-refractivity contribution < 1.29 is 17.6 Å². The van der Waals surface area contributed by atoms with E-state index in [1.165, 1.54) is 18.4 Å². The number of thiocarbonyl (C=S) groups is 1. The summed E-state index contributed by atoms with van der Waals surface area (Å²) >= 11 is 5.09. The topological polar surface area (TPSA) is 51.4 Å². The van der Waals surface area contributed by atoms with Crippen LogP contribution in [0.3, 0.4) is 0 Å². The lowest BCUT2D eigenvalue weighted by Crippen LogP contribution is -2.36. The molecule has 0 aromatic heterocycles. The van der Waals surface area contributed by atoms with Crippen LogP contribution < -0.4 is 5.32 Å². The van der Waals surface area contributed by atoms with Crippen molar-refractivity contribution in [3.05, 3.63) is 29.3 Å². The molecule has 1 aromatic carbocycles. The van der Waals surface area contributed by atoms with Crippen molar-refractivity contribution in [3.8, 4) is 6.07 Å². The van der Waals surface area contributed by atoms with Gasteiger partial charge in [0.2, 0.25) is 0 Å². The molecule has 22 heavy (non-hydrogen) atoms. The molecule has 2 rings (SSSR count). The Morgan fingerprint density at radius 2 is 2.23 bits per heavy atom. The molecule has 116 valence electrons. The fourth-order valence-electron chi connectivity index (χ4n) is 1.99. The average molecular weight is 330 g/mol. The molecular weight excluding hydrogens is 320 g/mol. The number of hydrogen-bond acceptors (Lipinski definition) is 4. The number of nitriles is 1. The summed E-state index contributed by atoms with van der Waals surface area (Å²) in [6, 6.07) is 4.14. The van der Waals surface area contributed by atoms with Crippen LogP contribution in [0.1, 0.15) is 17.5 Å². The smallest absolute Gasteiger partial charge is 0.348 e. The molecule has 9 heteroatoms. The lowest BCUT2D eigenvalue weighted by atomic mass is 10.1. The van der Waals surface area contributed by atoms with Gasteiger partial charge in [0.15, 0.2) is 6.80 Å². The Kier molecular flexibility index (Phi) is 4.61. The van der Waals surface area contributed by atoms with Crippen LogP contribution in [0.2, 0.25) is 0 Å². The normalized spacial score (nSPS) is 17.4. The minimum atomic E-state index is -4.65. The van der Waals surface area contributed by atoms with E-state index in [1.807, 2.05) is 0 Å². The van der Waals surface area contributed by atoms with E-state index >= 15 is 0 Å². The third-order valence-corrected chi connectivity index (χ3v) is 3.43. The Hall–Kier alpha value is -2.21. The second-order valence-corrected chi connectivity index (χ2v) is 4.91. The van der Waals surface area contributed by atoms with Crippen LogP contribution in [-0.4, -0.2) is 29.1 Å². The van der Waals surface area contributed by atoms with Gasteiger partial charge in [0.25, 0.3) is 0 Å². The number of halogens is 4. The molecule has 1 heterocycles. The zero-order valence-corrected chi connectivity index (χ0v) is 11.9. The SMILES string of the molecule is N#Cc1ccc(NC(=S)C2CC=NN2CF)cc1C(F)(F)F. The molecule has 1 N–H and O–H groups in total. The van der Waals surface area contributed by atoms with Gasteiger partial charge >= 0.3 is 6.18 Å². The van der Waals surface area contributed by atoms with E-state index in [9.17, 15) is 17.6 Å². The van der Waals surface area contributed by atoms with E-state index < -0.39 is 30.1 Å². The number of benzene rings is 1. The largest absolute Gasteiger partial charge is 0.417 e. The average Bonchev–Trinajstić information content (AvgIpc) is 2.94. The van der Waals surface area contributed by atoms with Gasteiger partial charge in [-0.05, 0) is 18.2 Å². The first-order valence-corrected chi connectivity index (χ1v) is 6.55. The summed E-state index contributed by atoms with van der Waals surface area (Å²) in [5.74, 6) is 0. The van der Waals surface area contributed by atoms with Gasteiger partial charge in [-0.15, -0.1) is 0 Å². The summed E-state index contributed by atoms with van der Waals surface area (Å²) in [5, 5.41) is 16.2. The maximum absolute atomic E-state index is 12.9. The van der Waals surface area contributed by atoms with Crippen LogP contribution in [0.15, 0.2) is 23.3 Å². The molecule has 0 saturated heterocycles. The molecule has 0 aliphatic carbocycles. The van der Waals surface area contributed by atoms with Crippen LogP contribution in [0, 0.1) is 11.3 Å². The maximum atomic E-state index is 12.9. The first kappa shape index (κ1) is 16.2. The van der Waals surface area contributed by atoms with Crippen molar-refractivity contribution in [1.29, 1.82) is 5.26 Å². The lowest BCUT2D eigenvalue weighted by molar-refractivity contribution is -0.137. The van der Waals surface area contributed by atoms with Crippen molar-refractivity contribution in [3.63, 3.8) is 0 Å². The van der Waals surface area contributed by atoms with Crippen molar-refractivity contribution in [1.82, 2.24) is 5.01 Å². The molecular formula is C13H10F4N4S. The number of nitrogens with one attached hydrogen (secondary N) is 1. The summed E-state index contributed by atoms with van der Waals surface area (Å²) in [6.45, 7) is -0.843. The highest BCUT2D eigenvalue weighted by molar-refractivity contribution is 7.80. The molecule has 1 atom stereocenters. The first-order valence-electron chi connectivity index (χ1n) is 6.14. The Bertz CT molecular complexity index is 650. The molecule has 0 amide bonds. The third kappa shape index (κ3) is 3.33. The monoisotopic (exact) mass is 330 g/mol. The van der Waals surface area contributed by atoms with Crippen LogP contribution >= 0.6 is 12.2 Å². The number of rotatable bonds is 3.